The average Bonchev–Trinajstić information content (AvgIpc) is 1.62. The lowest BCUT2D eigenvalue weighted by Crippen LogP contribution is -2.46. The van der Waals surface area contributed by atoms with Crippen molar-refractivity contribution < 1.29 is 90.8 Å². The van der Waals surface area contributed by atoms with Gasteiger partial charge in [-0.1, -0.05) is 158 Å². The Balaban J connectivity index is 0.000000175. The third kappa shape index (κ3) is 27.5. The molecule has 0 spiro atoms. The second kappa shape index (κ2) is 52.8. The number of rotatable bonds is 32. The number of hydrogen-bond acceptors (Lipinski definition) is 27. The number of fused-ring (bicyclic) bond motifs is 5. The number of anilines is 1. The summed E-state index contributed by atoms with van der Waals surface area (Å²) in [6.07, 6.45) is 13.0. The normalized spacial score (nSPS) is 26.0. The quantitative estimate of drug-likeness (QED) is 0.00965. The number of guanidine groups is 5. The second-order valence-corrected chi connectivity index (χ2v) is 34.0. The molecule has 11 heterocycles. The fourth-order valence-electron chi connectivity index (χ4n) is 17.8. The summed E-state index contributed by atoms with van der Waals surface area (Å²) in [6.45, 7) is 38.4. The predicted octanol–water partition coefficient (Wildman–Crippen LogP) is 2.25. The molecule has 18 amide bonds. The van der Waals surface area contributed by atoms with Crippen molar-refractivity contribution in [2.75, 3.05) is 70.8 Å². The van der Waals surface area contributed by atoms with Gasteiger partial charge in [0.25, 0.3) is 5.95 Å². The van der Waals surface area contributed by atoms with E-state index in [1.165, 1.54) is 65.9 Å². The largest absolute Gasteiger partial charge is 0.370 e. The topological polar surface area (TPSA) is 639 Å². The smallest absolute Gasteiger partial charge is 0.325 e. The van der Waals surface area contributed by atoms with Gasteiger partial charge in [-0.25, -0.2) is 44.1 Å². The van der Waals surface area contributed by atoms with Crippen LogP contribution < -0.4 is 81.8 Å². The molecule has 0 radical (unpaired) electrons. The number of carbonyl (C=O) groups is 14. The molecule has 0 bridgehead atoms. The molecule has 10 aliphatic rings. The molecule has 5 aromatic rings. The third-order valence-corrected chi connectivity index (χ3v) is 24.8. The van der Waals surface area contributed by atoms with E-state index in [0.717, 1.165) is 30.7 Å². The van der Waals surface area contributed by atoms with Crippen LogP contribution in [-0.4, -0.2) is 279 Å². The molecule has 46 nitrogen and oxygen atoms in total. The molecular weight excluding hydrogens is 1920 g/mol. The summed E-state index contributed by atoms with van der Waals surface area (Å²) in [6, 6.07) is 36.2. The first-order valence-corrected chi connectivity index (χ1v) is 46.8. The lowest BCUT2D eigenvalue weighted by atomic mass is 9.89. The highest BCUT2D eigenvalue weighted by molar-refractivity contribution is 7.80. The summed E-state index contributed by atoms with van der Waals surface area (Å²) < 4.78 is 28.2. The minimum atomic E-state index is -0.641. The number of aliphatic imine (C=N–C) groups is 5. The van der Waals surface area contributed by atoms with Crippen LogP contribution in [0.25, 0.3) is 0 Å². The molecular formula is C100H117N27O19S. The van der Waals surface area contributed by atoms with E-state index in [4.69, 9.17) is 64.6 Å². The Labute approximate surface area is 851 Å². The molecule has 20 unspecified atom stereocenters. The van der Waals surface area contributed by atoms with E-state index in [2.05, 4.69) is 154 Å². The molecule has 4 aromatic carbocycles. The average molecular weight is 2030 g/mol. The van der Waals surface area contributed by atoms with Gasteiger partial charge in [-0.15, -0.1) is 65.8 Å². The molecule has 0 aliphatic carbocycles. The Morgan fingerprint density at radius 2 is 0.565 bits per heavy atom. The SMILES string of the molecule is C=CC1OC(C=C)C2C(=O)N(CCN=C(N)NC(=O)Nc3ccccc3)C(=O)C12.C=CC1OC(C=C)C2C(=O)N(CCNC(=O)NC(N)=NCc3ccccc3)C(=O)C12.C=CC1OC(C=C)C2C(=O)N(CCNC(=O)NC(N)=Nc3ccccc3)C(=O)C12.C=CC1OC(C=C)C2C(=O)N(CCNC(=O)NC(N)=Nc3ncccn3)C(=O)C12.C=CC1OC(C=C)C2C(=O)N(CCNC(=S)NC(N)=NCc3ccccc3)C(=O)C12. The summed E-state index contributed by atoms with van der Waals surface area (Å²) in [5.41, 5.74) is 31.8. The summed E-state index contributed by atoms with van der Waals surface area (Å²) in [5, 5.41) is 25.7. The number of amides is 18. The van der Waals surface area contributed by atoms with Crippen LogP contribution in [0.2, 0.25) is 0 Å². The molecule has 15 rings (SSSR count). The number of benzene rings is 4. The molecule has 10 saturated heterocycles. The van der Waals surface area contributed by atoms with Gasteiger partial charge < -0.3 is 84.3 Å². The van der Waals surface area contributed by atoms with Gasteiger partial charge in [0.2, 0.25) is 71.0 Å². The van der Waals surface area contributed by atoms with E-state index in [0.29, 0.717) is 24.5 Å². The summed E-state index contributed by atoms with van der Waals surface area (Å²) >= 11 is 5.20. The molecule has 147 heavy (non-hydrogen) atoms. The maximum atomic E-state index is 12.7. The van der Waals surface area contributed by atoms with E-state index < -0.39 is 144 Å². The van der Waals surface area contributed by atoms with Gasteiger partial charge in [-0.05, 0) is 53.7 Å². The van der Waals surface area contributed by atoms with Crippen LogP contribution in [0.5, 0.6) is 0 Å². The van der Waals surface area contributed by atoms with Crippen LogP contribution in [0.4, 0.5) is 36.5 Å². The molecule has 0 saturated carbocycles. The molecule has 10 aliphatic heterocycles. The van der Waals surface area contributed by atoms with Gasteiger partial charge >= 0.3 is 24.1 Å². The Morgan fingerprint density at radius 1 is 0.313 bits per heavy atom. The van der Waals surface area contributed by atoms with Gasteiger partial charge in [0.15, 0.2) is 23.0 Å². The predicted molar refractivity (Wildman–Crippen MR) is 547 cm³/mol. The summed E-state index contributed by atoms with van der Waals surface area (Å²) in [5.74, 6) is -9.28. The zero-order valence-electron chi connectivity index (χ0n) is 80.1. The van der Waals surface area contributed by atoms with Crippen LogP contribution in [0.1, 0.15) is 11.1 Å². The number of para-hydroxylation sites is 2. The van der Waals surface area contributed by atoms with Crippen molar-refractivity contribution in [3.63, 3.8) is 0 Å². The fraction of sp³-hybridized carbons (Fsp3) is 0.320. The lowest BCUT2D eigenvalue weighted by molar-refractivity contribution is -0.144. The van der Waals surface area contributed by atoms with Crippen LogP contribution in [0, 0.1) is 59.2 Å². The number of likely N-dealkylation sites (tertiary alicyclic amines) is 5. The number of nitrogens with one attached hydrogen (secondary N) is 10. The number of hydrogen-bond donors (Lipinski definition) is 15. The monoisotopic (exact) mass is 2030 g/mol. The number of ether oxygens (including phenoxy) is 5. The molecule has 20 atom stereocenters. The number of nitrogens with two attached hydrogens (primary N) is 5. The maximum absolute atomic E-state index is 12.7. The van der Waals surface area contributed by atoms with Gasteiger partial charge in [-0.2, -0.15) is 4.99 Å². The van der Waals surface area contributed by atoms with Crippen LogP contribution in [-0.2, 0) is 84.7 Å². The van der Waals surface area contributed by atoms with Crippen molar-refractivity contribution in [2.45, 2.75) is 74.1 Å². The molecule has 20 N–H and O–H groups in total. The van der Waals surface area contributed by atoms with Gasteiger partial charge in [0, 0.05) is 77.0 Å². The van der Waals surface area contributed by atoms with Crippen LogP contribution >= 0.6 is 12.2 Å². The number of nitrogens with zero attached hydrogens (tertiary/aromatic N) is 12. The number of imide groups is 5. The highest BCUT2D eigenvalue weighted by Crippen LogP contribution is 2.46. The second-order valence-electron chi connectivity index (χ2n) is 33.6. The molecule has 47 heteroatoms. The lowest BCUT2D eigenvalue weighted by Gasteiger charge is -2.20. The number of thiocarbonyl (C=S) groups is 1. The van der Waals surface area contributed by atoms with E-state index in [1.54, 1.807) is 66.7 Å². The third-order valence-electron chi connectivity index (χ3n) is 24.5. The Morgan fingerprint density at radius 3 is 0.871 bits per heavy atom. The van der Waals surface area contributed by atoms with Crippen molar-refractivity contribution in [1.29, 1.82) is 0 Å². The van der Waals surface area contributed by atoms with Gasteiger partial charge in [-0.3, -0.25) is 98.7 Å². The number of aromatic nitrogens is 2. The zero-order valence-corrected chi connectivity index (χ0v) is 80.9. The first kappa shape index (κ1) is 110. The van der Waals surface area contributed by atoms with Crippen molar-refractivity contribution in [2.24, 2.45) is 113 Å². The minimum Gasteiger partial charge on any atom is -0.370 e. The van der Waals surface area contributed by atoms with Crippen molar-refractivity contribution >= 4 is 148 Å². The van der Waals surface area contributed by atoms with Gasteiger partial charge in [0.05, 0.1) is 146 Å². The summed E-state index contributed by atoms with van der Waals surface area (Å²) in [7, 11) is 0. The zero-order chi connectivity index (χ0) is 106. The van der Waals surface area contributed by atoms with Crippen molar-refractivity contribution in [1.82, 2.24) is 82.3 Å². The van der Waals surface area contributed by atoms with E-state index in [1.807, 2.05) is 72.8 Å². The number of urea groups is 4. The molecule has 10 fully saturated rings. The first-order chi connectivity index (χ1) is 70.8. The number of carbonyl (C=O) groups excluding carboxylic acids is 14. The fourth-order valence-corrected chi connectivity index (χ4v) is 18.0. The summed E-state index contributed by atoms with van der Waals surface area (Å²) in [4.78, 5) is 208. The van der Waals surface area contributed by atoms with Crippen LogP contribution in [0.3, 0.4) is 0 Å². The Bertz CT molecular complexity index is 5520. The van der Waals surface area contributed by atoms with Crippen LogP contribution in [0.15, 0.2) is 291 Å². The van der Waals surface area contributed by atoms with E-state index in [9.17, 15) is 67.1 Å². The van der Waals surface area contributed by atoms with E-state index in [-0.39, 0.29) is 165 Å². The highest BCUT2D eigenvalue weighted by Gasteiger charge is 2.63. The van der Waals surface area contributed by atoms with E-state index >= 15 is 0 Å². The molecule has 1 aromatic heterocycles. The Hall–Kier alpha value is -17.0. The molecule has 772 valence electrons. The van der Waals surface area contributed by atoms with Gasteiger partial charge in [0.1, 0.15) is 0 Å². The van der Waals surface area contributed by atoms with Crippen molar-refractivity contribution in [3.05, 3.63) is 277 Å². The first-order valence-electron chi connectivity index (χ1n) is 46.4. The minimum absolute atomic E-state index is 0.0185. The standard InChI is InChI=1S/C21H25N5O4.C21H25N5O3S.2C20H23N5O4.C18H21N7O4/c1-3-14-16-17(15(4-2)30-14)19(28)26(18(16)27)11-10-23-21(29)25-20(22)24-12-13-8-6-5-7-9-13;1-3-14-16-17(15(4-2)29-14)19(28)26(18(16)27)11-10-23-21(30)25-20(22)24-12-13-8-6-5-7-9-13;1-3-13-15-16(14(4-2)29-13)18(27)25(17(15)26)11-10-22-20(28)24-19(21)23-12-8-6-5-7-9-12;1-3-13-15-16(14(4-2)29-13)18(27)25(17(15)26)11-10-22-19(21)24-20(28)23-12-8-6-5-7-9-12;1-3-10-12-13(11(4-2)29-10)15(27)25(14(12)26)9-8-22-18(28)24-16(19)23-17-20-6-5-7-21-17/h3-9,14-17H,1-2,10-12H2,(H4,22,23,24,25,29);3-9,14-17H,1-2,10-12H2,(H4,22,23,24,25,30);2*3-9,13-16H,1-2,10-11H2,(H4,21,22,23,24,28);3-7,10-13H,1-2,8-9H2,(H4,19,20,21,22,23,24,28). The maximum Gasteiger partial charge on any atom is 0.325 e. The Kier molecular flexibility index (Phi) is 39.7. The highest BCUT2D eigenvalue weighted by atomic mass is 32.1. The van der Waals surface area contributed by atoms with Crippen molar-refractivity contribution in [3.8, 4) is 0 Å².